The molecule has 0 saturated carbocycles. The summed E-state index contributed by atoms with van der Waals surface area (Å²) in [6, 6.07) is 13.8. The third-order valence-corrected chi connectivity index (χ3v) is 5.30. The minimum atomic E-state index is -4.10. The van der Waals surface area contributed by atoms with Crippen LogP contribution >= 0.6 is 23.2 Å². The van der Waals surface area contributed by atoms with Gasteiger partial charge in [-0.25, -0.2) is 8.42 Å². The fourth-order valence-electron chi connectivity index (χ4n) is 1.78. The standard InChI is InChI=1S/C16H8Cl2N2O2S/c17-13-5-6-15(18)16(8-13)23(21,22)14(10-20)7-11-1-3-12(9-19)4-2-11/h1-8H/b14-7+. The molecule has 0 aliphatic carbocycles. The van der Waals surface area contributed by atoms with E-state index in [1.54, 1.807) is 18.2 Å². The van der Waals surface area contributed by atoms with E-state index in [-0.39, 0.29) is 14.9 Å². The van der Waals surface area contributed by atoms with Crippen molar-refractivity contribution in [2.24, 2.45) is 0 Å². The predicted octanol–water partition coefficient (Wildman–Crippen LogP) is 4.20. The Morgan fingerprint density at radius 3 is 2.26 bits per heavy atom. The van der Waals surface area contributed by atoms with Crippen molar-refractivity contribution >= 4 is 39.1 Å². The maximum Gasteiger partial charge on any atom is 0.218 e. The molecule has 114 valence electrons. The van der Waals surface area contributed by atoms with E-state index >= 15 is 0 Å². The number of benzene rings is 2. The third kappa shape index (κ3) is 3.72. The average Bonchev–Trinajstić information content (AvgIpc) is 2.55. The summed E-state index contributed by atoms with van der Waals surface area (Å²) in [7, 11) is -4.10. The van der Waals surface area contributed by atoms with Crippen molar-refractivity contribution < 1.29 is 8.42 Å². The molecule has 0 fully saturated rings. The number of nitriles is 2. The van der Waals surface area contributed by atoms with E-state index in [0.717, 1.165) is 0 Å². The topological polar surface area (TPSA) is 81.7 Å². The largest absolute Gasteiger partial charge is 0.218 e. The normalized spacial score (nSPS) is 11.6. The lowest BCUT2D eigenvalue weighted by Gasteiger charge is -2.06. The van der Waals surface area contributed by atoms with E-state index in [1.165, 1.54) is 36.4 Å². The molecule has 2 aromatic carbocycles. The Morgan fingerprint density at radius 1 is 1.04 bits per heavy atom. The molecule has 0 heterocycles. The molecule has 0 unspecified atom stereocenters. The smallest absolute Gasteiger partial charge is 0.218 e. The molecule has 0 aliphatic heterocycles. The second kappa shape index (κ2) is 6.85. The molecule has 0 saturated heterocycles. The van der Waals surface area contributed by atoms with E-state index in [9.17, 15) is 13.7 Å². The van der Waals surface area contributed by atoms with Crippen molar-refractivity contribution in [2.75, 3.05) is 0 Å². The van der Waals surface area contributed by atoms with Gasteiger partial charge in [-0.1, -0.05) is 35.3 Å². The lowest BCUT2D eigenvalue weighted by molar-refractivity contribution is 0.603. The molecule has 0 bridgehead atoms. The summed E-state index contributed by atoms with van der Waals surface area (Å²) >= 11 is 11.7. The van der Waals surface area contributed by atoms with Crippen LogP contribution in [-0.2, 0) is 9.84 Å². The first-order chi connectivity index (χ1) is 10.9. The molecule has 0 atom stereocenters. The van der Waals surface area contributed by atoms with Crippen LogP contribution in [-0.4, -0.2) is 8.42 Å². The van der Waals surface area contributed by atoms with Crippen molar-refractivity contribution in [3.05, 3.63) is 68.5 Å². The first-order valence-corrected chi connectivity index (χ1v) is 8.44. The van der Waals surface area contributed by atoms with E-state index in [0.29, 0.717) is 11.1 Å². The van der Waals surface area contributed by atoms with Crippen molar-refractivity contribution in [1.29, 1.82) is 10.5 Å². The van der Waals surface area contributed by atoms with Gasteiger partial charge in [0.2, 0.25) is 9.84 Å². The van der Waals surface area contributed by atoms with Gasteiger partial charge in [-0.2, -0.15) is 10.5 Å². The fraction of sp³-hybridized carbons (Fsp3) is 0. The van der Waals surface area contributed by atoms with Gasteiger partial charge in [0, 0.05) is 5.02 Å². The van der Waals surface area contributed by atoms with Crippen molar-refractivity contribution in [2.45, 2.75) is 4.90 Å². The zero-order valence-corrected chi connectivity index (χ0v) is 13.8. The Kier molecular flexibility index (Phi) is 5.08. The van der Waals surface area contributed by atoms with Gasteiger partial charge in [0.25, 0.3) is 0 Å². The van der Waals surface area contributed by atoms with Gasteiger partial charge in [-0.15, -0.1) is 0 Å². The molecular formula is C16H8Cl2N2O2S. The number of sulfone groups is 1. The summed E-state index contributed by atoms with van der Waals surface area (Å²) in [5, 5.41) is 18.1. The van der Waals surface area contributed by atoms with E-state index in [2.05, 4.69) is 0 Å². The van der Waals surface area contributed by atoms with Gasteiger partial charge in [-0.05, 0) is 42.0 Å². The number of hydrogen-bond acceptors (Lipinski definition) is 4. The first kappa shape index (κ1) is 17.1. The highest BCUT2D eigenvalue weighted by Crippen LogP contribution is 2.30. The van der Waals surface area contributed by atoms with Gasteiger partial charge < -0.3 is 0 Å². The molecule has 2 aromatic rings. The molecule has 0 spiro atoms. The van der Waals surface area contributed by atoms with E-state index in [4.69, 9.17) is 28.5 Å². The van der Waals surface area contributed by atoms with Gasteiger partial charge in [-0.3, -0.25) is 0 Å². The number of halogens is 2. The summed E-state index contributed by atoms with van der Waals surface area (Å²) in [5.74, 6) is 0. The monoisotopic (exact) mass is 362 g/mol. The van der Waals surface area contributed by atoms with Crippen LogP contribution in [0, 0.1) is 22.7 Å². The van der Waals surface area contributed by atoms with Crippen LogP contribution in [0.3, 0.4) is 0 Å². The van der Waals surface area contributed by atoms with Crippen molar-refractivity contribution in [3.8, 4) is 12.1 Å². The van der Waals surface area contributed by atoms with Crippen LogP contribution in [0.4, 0.5) is 0 Å². The molecule has 0 amide bonds. The molecule has 0 aliphatic rings. The van der Waals surface area contributed by atoms with E-state index in [1.807, 2.05) is 6.07 Å². The lowest BCUT2D eigenvalue weighted by Crippen LogP contribution is -2.04. The van der Waals surface area contributed by atoms with E-state index < -0.39 is 14.7 Å². The second-order valence-electron chi connectivity index (χ2n) is 4.43. The number of rotatable bonds is 3. The maximum atomic E-state index is 12.6. The van der Waals surface area contributed by atoms with Crippen molar-refractivity contribution in [3.63, 3.8) is 0 Å². The molecule has 0 radical (unpaired) electrons. The summed E-state index contributed by atoms with van der Waals surface area (Å²) in [6.07, 6.45) is 1.22. The molecule has 0 aromatic heterocycles. The molecular weight excluding hydrogens is 355 g/mol. The van der Waals surface area contributed by atoms with Crippen LogP contribution in [0.15, 0.2) is 52.3 Å². The molecule has 0 N–H and O–H groups in total. The van der Waals surface area contributed by atoms with Crippen molar-refractivity contribution in [1.82, 2.24) is 0 Å². The highest BCUT2D eigenvalue weighted by Gasteiger charge is 2.24. The van der Waals surface area contributed by atoms with Crippen LogP contribution in [0.2, 0.25) is 10.0 Å². The Labute approximate surface area is 143 Å². The zero-order valence-electron chi connectivity index (χ0n) is 11.5. The van der Waals surface area contributed by atoms with Crippen LogP contribution in [0.5, 0.6) is 0 Å². The summed E-state index contributed by atoms with van der Waals surface area (Å²) in [6.45, 7) is 0. The Bertz CT molecular complexity index is 967. The van der Waals surface area contributed by atoms with Gasteiger partial charge in [0.15, 0.2) is 0 Å². The number of allylic oxidation sites excluding steroid dienone is 1. The highest BCUT2D eigenvalue weighted by atomic mass is 35.5. The quantitative estimate of drug-likeness (QED) is 0.765. The minimum Gasteiger partial charge on any atom is -0.218 e. The summed E-state index contributed by atoms with van der Waals surface area (Å²) < 4.78 is 25.2. The van der Waals surface area contributed by atoms with Gasteiger partial charge in [0.05, 0.1) is 21.6 Å². The zero-order chi connectivity index (χ0) is 17.0. The molecule has 2 rings (SSSR count). The Morgan fingerprint density at radius 2 is 1.70 bits per heavy atom. The summed E-state index contributed by atoms with van der Waals surface area (Å²) in [5.41, 5.74) is 0.906. The highest BCUT2D eigenvalue weighted by molar-refractivity contribution is 7.95. The lowest BCUT2D eigenvalue weighted by atomic mass is 10.1. The Hall–Kier alpha value is -2.31. The fourth-order valence-corrected chi connectivity index (χ4v) is 3.69. The van der Waals surface area contributed by atoms with Crippen LogP contribution in [0.25, 0.3) is 6.08 Å². The van der Waals surface area contributed by atoms with Gasteiger partial charge in [0.1, 0.15) is 11.0 Å². The molecule has 4 nitrogen and oxygen atoms in total. The number of hydrogen-bond donors (Lipinski definition) is 0. The second-order valence-corrected chi connectivity index (χ2v) is 7.16. The number of nitrogens with zero attached hydrogens (tertiary/aromatic N) is 2. The van der Waals surface area contributed by atoms with Crippen LogP contribution in [0.1, 0.15) is 11.1 Å². The maximum absolute atomic E-state index is 12.6. The third-order valence-electron chi connectivity index (χ3n) is 2.92. The van der Waals surface area contributed by atoms with Gasteiger partial charge >= 0.3 is 0 Å². The first-order valence-electron chi connectivity index (χ1n) is 6.20. The molecule has 7 heteroatoms. The predicted molar refractivity (Wildman–Crippen MR) is 88.4 cm³/mol. The Balaban J connectivity index is 2.55. The summed E-state index contributed by atoms with van der Waals surface area (Å²) in [4.78, 5) is -0.695. The SMILES string of the molecule is N#C/C(=C\c1ccc(C#N)cc1)S(=O)(=O)c1cc(Cl)ccc1Cl. The van der Waals surface area contributed by atoms with Crippen LogP contribution < -0.4 is 0 Å². The molecule has 23 heavy (non-hydrogen) atoms. The minimum absolute atomic E-state index is 0.0182. The average molecular weight is 363 g/mol.